The number of benzene rings is 4. The van der Waals surface area contributed by atoms with E-state index in [1.807, 2.05) is 0 Å². The third kappa shape index (κ3) is 3.98. The first kappa shape index (κ1) is 30.6. The maximum absolute atomic E-state index is 5.74. The normalized spacial score (nSPS) is 30.4. The van der Waals surface area contributed by atoms with Crippen molar-refractivity contribution in [2.24, 2.45) is 39.5 Å². The van der Waals surface area contributed by atoms with Crippen LogP contribution in [0.4, 0.5) is 0 Å². The van der Waals surface area contributed by atoms with Gasteiger partial charge < -0.3 is 0 Å². The summed E-state index contributed by atoms with van der Waals surface area (Å²) in [5.41, 5.74) is 18.3. The molecule has 0 bridgehead atoms. The summed E-state index contributed by atoms with van der Waals surface area (Å²) >= 11 is 0. The molecule has 52 heavy (non-hydrogen) atoms. The molecule has 6 aliphatic carbocycles. The highest BCUT2D eigenvalue weighted by Crippen LogP contribution is 2.81. The zero-order chi connectivity index (χ0) is 35.0. The maximum Gasteiger partial charge on any atom is 0.0708 e. The Kier molecular flexibility index (Phi) is 6.20. The molecule has 6 atom stereocenters. The summed E-state index contributed by atoms with van der Waals surface area (Å²) in [7, 11) is 0. The van der Waals surface area contributed by atoms with Crippen LogP contribution < -0.4 is 0 Å². The van der Waals surface area contributed by atoms with Crippen LogP contribution in [-0.2, 0) is 11.8 Å². The summed E-state index contributed by atoms with van der Waals surface area (Å²) in [5.74, 6) is 2.30. The van der Waals surface area contributed by atoms with Gasteiger partial charge in [-0.15, -0.1) is 0 Å². The zero-order valence-corrected chi connectivity index (χ0v) is 30.6. The Hall–Kier alpha value is -5.01. The molecule has 0 amide bonds. The molecule has 1 spiro atoms. The molecule has 1 aliphatic heterocycles. The Morgan fingerprint density at radius 2 is 1.52 bits per heavy atom. The molecule has 0 aromatic heterocycles. The Balaban J connectivity index is 1.05. The first-order valence-electron chi connectivity index (χ1n) is 19.4. The van der Waals surface area contributed by atoms with Crippen LogP contribution in [0.15, 0.2) is 168 Å². The molecular weight excluding hydrogens is 627 g/mol. The highest BCUT2D eigenvalue weighted by Gasteiger charge is 2.75. The quantitative estimate of drug-likeness (QED) is 0.206. The molecule has 0 radical (unpaired) electrons. The third-order valence-electron chi connectivity index (χ3n) is 14.3. The molecule has 0 saturated heterocycles. The number of hydrogen-bond donors (Lipinski definition) is 0. The van der Waals surface area contributed by atoms with Crippen molar-refractivity contribution in [3.05, 3.63) is 196 Å². The molecule has 4 aromatic rings. The third-order valence-corrected chi connectivity index (χ3v) is 14.3. The number of nitrogens with zero attached hydrogens (tertiary/aromatic N) is 1. The Bertz CT molecular complexity index is 2440. The van der Waals surface area contributed by atoms with Crippen LogP contribution in [-0.4, -0.2) is 5.71 Å². The predicted octanol–water partition coefficient (Wildman–Crippen LogP) is 12.0. The lowest BCUT2D eigenvalue weighted by Crippen LogP contribution is -2.38. The van der Waals surface area contributed by atoms with Crippen molar-refractivity contribution in [3.63, 3.8) is 0 Å². The van der Waals surface area contributed by atoms with Gasteiger partial charge in [0.1, 0.15) is 0 Å². The molecule has 1 heterocycles. The van der Waals surface area contributed by atoms with Crippen molar-refractivity contribution >= 4 is 11.3 Å². The lowest BCUT2D eigenvalue weighted by Gasteiger charge is -2.46. The van der Waals surface area contributed by atoms with Gasteiger partial charge in [0, 0.05) is 33.9 Å². The van der Waals surface area contributed by atoms with Gasteiger partial charge in [0.15, 0.2) is 0 Å². The lowest BCUT2D eigenvalue weighted by atomic mass is 9.57. The van der Waals surface area contributed by atoms with Gasteiger partial charge in [-0.05, 0) is 98.2 Å². The number of rotatable bonds is 3. The van der Waals surface area contributed by atoms with E-state index in [-0.39, 0.29) is 16.2 Å². The van der Waals surface area contributed by atoms with E-state index in [9.17, 15) is 0 Å². The molecule has 1 saturated carbocycles. The van der Waals surface area contributed by atoms with Crippen LogP contribution in [0.3, 0.4) is 0 Å². The molecule has 4 aromatic carbocycles. The largest absolute Gasteiger partial charge is 0.253 e. The fourth-order valence-electron chi connectivity index (χ4n) is 12.1. The van der Waals surface area contributed by atoms with Gasteiger partial charge in [0.05, 0.1) is 5.71 Å². The van der Waals surface area contributed by atoms with Crippen molar-refractivity contribution in [2.45, 2.75) is 51.9 Å². The van der Waals surface area contributed by atoms with E-state index in [1.165, 1.54) is 55.8 Å². The summed E-state index contributed by atoms with van der Waals surface area (Å²) in [6.07, 6.45) is 21.5. The molecule has 6 unspecified atom stereocenters. The van der Waals surface area contributed by atoms with E-state index in [0.717, 1.165) is 18.6 Å². The highest BCUT2D eigenvalue weighted by atomic mass is 14.8. The second kappa shape index (κ2) is 10.5. The average molecular weight is 672 g/mol. The zero-order valence-electron chi connectivity index (χ0n) is 30.6. The summed E-state index contributed by atoms with van der Waals surface area (Å²) in [6.45, 7) is 9.88. The van der Waals surface area contributed by atoms with Gasteiger partial charge in [0.2, 0.25) is 0 Å². The fraction of sp³-hybridized carbons (Fsp3) is 0.275. The maximum atomic E-state index is 5.74. The van der Waals surface area contributed by atoms with Crippen LogP contribution in [0.2, 0.25) is 0 Å². The molecule has 1 fully saturated rings. The second-order valence-corrected chi connectivity index (χ2v) is 17.4. The van der Waals surface area contributed by atoms with E-state index in [4.69, 9.17) is 4.99 Å². The molecule has 0 N–H and O–H groups in total. The number of aliphatic imine (C=N–C) groups is 1. The lowest BCUT2D eigenvalue weighted by molar-refractivity contribution is 0.271. The first-order valence-corrected chi connectivity index (χ1v) is 19.4. The van der Waals surface area contributed by atoms with Gasteiger partial charge in [-0.25, -0.2) is 0 Å². The minimum Gasteiger partial charge on any atom is -0.253 e. The SMILES string of the molecule is CC1(C)c2ccccc2-c2ccc(C3=CC(c4ccccc4)=NC(C4Cc5ccccc5C5C=CC6=C(C45)C(C)(C)C4C5C=CC=CC654)=CC3)cc21. The van der Waals surface area contributed by atoms with Crippen molar-refractivity contribution in [2.75, 3.05) is 0 Å². The van der Waals surface area contributed by atoms with Crippen molar-refractivity contribution < 1.29 is 0 Å². The topological polar surface area (TPSA) is 12.4 Å². The number of allylic oxidation sites excluding steroid dienone is 12. The highest BCUT2D eigenvalue weighted by molar-refractivity contribution is 6.13. The van der Waals surface area contributed by atoms with E-state index in [1.54, 1.807) is 11.1 Å². The first-order chi connectivity index (χ1) is 25.3. The predicted molar refractivity (Wildman–Crippen MR) is 215 cm³/mol. The van der Waals surface area contributed by atoms with Crippen LogP contribution in [0.1, 0.15) is 73.4 Å². The molecular formula is C51H45N. The smallest absolute Gasteiger partial charge is 0.0708 e. The van der Waals surface area contributed by atoms with Crippen LogP contribution in [0.25, 0.3) is 16.7 Å². The van der Waals surface area contributed by atoms with Gasteiger partial charge >= 0.3 is 0 Å². The van der Waals surface area contributed by atoms with E-state index < -0.39 is 0 Å². The van der Waals surface area contributed by atoms with E-state index in [0.29, 0.717) is 29.6 Å². The molecule has 254 valence electrons. The molecule has 7 aliphatic rings. The number of hydrogen-bond acceptors (Lipinski definition) is 1. The standard InChI is InChI=1S/C51H45N/c1-49(2)40-19-11-10-18-36(40)37-23-21-32(29-43(37)49)33-22-26-44(52-45(30-33)31-14-6-5-7-15-31)39-28-34-16-8-9-17-35(34)38-24-25-41-47(46(38)39)50(3,4)48-42-20-12-13-27-51(41,42)48/h5-21,23-27,29-30,38-39,42,46,48H,22,28H2,1-4H3. The minimum absolute atomic E-state index is 0.0361. The molecule has 1 heteroatoms. The summed E-state index contributed by atoms with van der Waals surface area (Å²) in [5, 5.41) is 0. The average Bonchev–Trinajstić information content (AvgIpc) is 3.84. The summed E-state index contributed by atoms with van der Waals surface area (Å²) < 4.78 is 0. The summed E-state index contributed by atoms with van der Waals surface area (Å²) in [6, 6.07) is 36.3. The van der Waals surface area contributed by atoms with Crippen molar-refractivity contribution in [3.8, 4) is 11.1 Å². The second-order valence-electron chi connectivity index (χ2n) is 17.4. The Labute approximate surface area is 308 Å². The number of fused-ring (bicyclic) bond motifs is 8. The van der Waals surface area contributed by atoms with Gasteiger partial charge in [-0.1, -0.05) is 167 Å². The van der Waals surface area contributed by atoms with Gasteiger partial charge in [-0.2, -0.15) is 0 Å². The molecule has 1 nitrogen and oxygen atoms in total. The van der Waals surface area contributed by atoms with E-state index in [2.05, 4.69) is 173 Å². The fourth-order valence-corrected chi connectivity index (χ4v) is 12.1. The van der Waals surface area contributed by atoms with E-state index >= 15 is 0 Å². The van der Waals surface area contributed by atoms with Gasteiger partial charge in [-0.3, -0.25) is 4.99 Å². The van der Waals surface area contributed by atoms with Gasteiger partial charge in [0.25, 0.3) is 0 Å². The van der Waals surface area contributed by atoms with Crippen LogP contribution >= 0.6 is 0 Å². The van der Waals surface area contributed by atoms with Crippen LogP contribution in [0, 0.1) is 34.5 Å². The Morgan fingerprint density at radius 1 is 0.731 bits per heavy atom. The van der Waals surface area contributed by atoms with Crippen LogP contribution in [0.5, 0.6) is 0 Å². The Morgan fingerprint density at radius 3 is 2.40 bits per heavy atom. The minimum atomic E-state index is -0.0361. The van der Waals surface area contributed by atoms with Crippen molar-refractivity contribution in [1.82, 2.24) is 0 Å². The molecule has 11 rings (SSSR count). The monoisotopic (exact) mass is 671 g/mol. The van der Waals surface area contributed by atoms with Crippen molar-refractivity contribution in [1.29, 1.82) is 0 Å². The summed E-state index contributed by atoms with van der Waals surface area (Å²) in [4.78, 5) is 5.74.